The number of anilines is 2. The van der Waals surface area contributed by atoms with E-state index in [0.29, 0.717) is 0 Å². The molecule has 1 N–H and O–H groups in total. The molecule has 7 rings (SSSR count). The van der Waals surface area contributed by atoms with E-state index in [0.717, 1.165) is 51.2 Å². The minimum atomic E-state index is 0.260. The standard InChI is InChI=1S/C32H27NO/c1-32(18-17-22-19-23(22)20-32)24-13-15-25(16-14-24)33-29-12-6-11-28-27-10-5-9-26(30(27)34-31(28)29)21-7-3-2-4-8-21/h2-17,23,33H,18-20H2,1H3. The molecule has 1 aromatic heterocycles. The van der Waals surface area contributed by atoms with Crippen molar-refractivity contribution in [2.45, 2.75) is 31.6 Å². The lowest BCUT2D eigenvalue weighted by molar-refractivity contribution is 0.407. The lowest BCUT2D eigenvalue weighted by atomic mass is 9.73. The van der Waals surface area contributed by atoms with Gasteiger partial charge in [-0.1, -0.05) is 91.4 Å². The highest BCUT2D eigenvalue weighted by Crippen LogP contribution is 2.52. The first-order chi connectivity index (χ1) is 16.7. The second-order valence-corrected chi connectivity index (χ2v) is 10.2. The summed E-state index contributed by atoms with van der Waals surface area (Å²) >= 11 is 0. The minimum Gasteiger partial charge on any atom is -0.453 e. The van der Waals surface area contributed by atoms with Crippen LogP contribution in [0.25, 0.3) is 33.1 Å². The van der Waals surface area contributed by atoms with Gasteiger partial charge < -0.3 is 9.73 Å². The summed E-state index contributed by atoms with van der Waals surface area (Å²) in [5.41, 5.74) is 9.59. The minimum absolute atomic E-state index is 0.260. The molecule has 2 aliphatic rings. The zero-order valence-corrected chi connectivity index (χ0v) is 19.3. The normalized spacial score (nSPS) is 21.3. The Bertz CT molecular complexity index is 1560. The van der Waals surface area contributed by atoms with Crippen molar-refractivity contribution in [3.05, 3.63) is 108 Å². The van der Waals surface area contributed by atoms with Gasteiger partial charge >= 0.3 is 0 Å². The second kappa shape index (κ2) is 7.36. The molecular formula is C32H27NO. The van der Waals surface area contributed by atoms with Gasteiger partial charge in [0.05, 0.1) is 5.69 Å². The third-order valence-electron chi connectivity index (χ3n) is 7.83. The zero-order valence-electron chi connectivity index (χ0n) is 19.3. The third kappa shape index (κ3) is 3.17. The van der Waals surface area contributed by atoms with Crippen molar-refractivity contribution >= 4 is 33.3 Å². The quantitative estimate of drug-likeness (QED) is 0.281. The summed E-state index contributed by atoms with van der Waals surface area (Å²) in [4.78, 5) is 0. The van der Waals surface area contributed by atoms with Gasteiger partial charge in [-0.3, -0.25) is 0 Å². The van der Waals surface area contributed by atoms with Crippen LogP contribution in [0, 0.1) is 5.92 Å². The van der Waals surface area contributed by atoms with Crippen LogP contribution in [0.5, 0.6) is 0 Å². The number of furan rings is 1. The van der Waals surface area contributed by atoms with Crippen molar-refractivity contribution in [1.82, 2.24) is 0 Å². The summed E-state index contributed by atoms with van der Waals surface area (Å²) in [5.74, 6) is 0.836. The molecule has 34 heavy (non-hydrogen) atoms. The van der Waals surface area contributed by atoms with Gasteiger partial charge in [0, 0.05) is 22.0 Å². The van der Waals surface area contributed by atoms with Crippen molar-refractivity contribution in [3.8, 4) is 11.1 Å². The van der Waals surface area contributed by atoms with Crippen molar-refractivity contribution in [1.29, 1.82) is 0 Å². The molecule has 4 aromatic carbocycles. The molecule has 5 aromatic rings. The highest BCUT2D eigenvalue weighted by Gasteiger charge is 2.41. The molecule has 2 nitrogen and oxygen atoms in total. The predicted molar refractivity (Wildman–Crippen MR) is 142 cm³/mol. The van der Waals surface area contributed by atoms with Crippen molar-refractivity contribution in [2.75, 3.05) is 5.32 Å². The van der Waals surface area contributed by atoms with Gasteiger partial charge in [-0.15, -0.1) is 0 Å². The average Bonchev–Trinajstić information content (AvgIpc) is 3.53. The van der Waals surface area contributed by atoms with Crippen LogP contribution in [0.4, 0.5) is 11.4 Å². The number of allylic oxidation sites excluding steroid dienone is 2. The molecule has 1 heterocycles. The molecule has 0 aliphatic heterocycles. The number of nitrogens with one attached hydrogen (secondary N) is 1. The fourth-order valence-electron chi connectivity index (χ4n) is 5.77. The van der Waals surface area contributed by atoms with Gasteiger partial charge in [0.15, 0.2) is 5.58 Å². The van der Waals surface area contributed by atoms with Gasteiger partial charge in [0.2, 0.25) is 0 Å². The first-order valence-corrected chi connectivity index (χ1v) is 12.2. The monoisotopic (exact) mass is 441 g/mol. The first-order valence-electron chi connectivity index (χ1n) is 12.2. The Kier molecular flexibility index (Phi) is 4.26. The summed E-state index contributed by atoms with van der Waals surface area (Å²) in [6, 6.07) is 32.2. The van der Waals surface area contributed by atoms with E-state index in [9.17, 15) is 0 Å². The van der Waals surface area contributed by atoms with E-state index in [4.69, 9.17) is 4.42 Å². The van der Waals surface area contributed by atoms with Crippen molar-refractivity contribution in [2.24, 2.45) is 5.92 Å². The molecule has 0 spiro atoms. The number of hydrogen-bond acceptors (Lipinski definition) is 2. The molecular weight excluding hydrogens is 414 g/mol. The first kappa shape index (κ1) is 19.7. The molecule has 2 heteroatoms. The van der Waals surface area contributed by atoms with E-state index in [1.54, 1.807) is 5.57 Å². The van der Waals surface area contributed by atoms with E-state index < -0.39 is 0 Å². The number of benzene rings is 4. The second-order valence-electron chi connectivity index (χ2n) is 10.2. The van der Waals surface area contributed by atoms with Gasteiger partial charge in [0.1, 0.15) is 5.58 Å². The van der Waals surface area contributed by atoms with E-state index in [-0.39, 0.29) is 5.41 Å². The summed E-state index contributed by atoms with van der Waals surface area (Å²) in [6.45, 7) is 2.42. The zero-order chi connectivity index (χ0) is 22.7. The van der Waals surface area contributed by atoms with E-state index >= 15 is 0 Å². The topological polar surface area (TPSA) is 25.2 Å². The maximum absolute atomic E-state index is 6.52. The molecule has 2 unspecified atom stereocenters. The Labute approximate surface area is 199 Å². The Morgan fingerprint density at radius 1 is 0.794 bits per heavy atom. The smallest absolute Gasteiger partial charge is 0.158 e. The summed E-state index contributed by atoms with van der Waals surface area (Å²) in [6.07, 6.45) is 6.25. The molecule has 0 bridgehead atoms. The highest BCUT2D eigenvalue weighted by molar-refractivity contribution is 6.12. The Hall–Kier alpha value is -3.78. The third-order valence-corrected chi connectivity index (χ3v) is 7.83. The molecule has 0 amide bonds. The van der Waals surface area contributed by atoms with Gasteiger partial charge in [-0.25, -0.2) is 0 Å². The van der Waals surface area contributed by atoms with Crippen LogP contribution < -0.4 is 5.32 Å². The summed E-state index contributed by atoms with van der Waals surface area (Å²) in [5, 5.41) is 5.90. The van der Waals surface area contributed by atoms with Crippen LogP contribution >= 0.6 is 0 Å². The fraction of sp³-hybridized carbons (Fsp3) is 0.188. The maximum atomic E-state index is 6.52. The van der Waals surface area contributed by atoms with Gasteiger partial charge in [-0.05, 0) is 59.9 Å². The number of para-hydroxylation sites is 2. The van der Waals surface area contributed by atoms with Crippen LogP contribution in [0.3, 0.4) is 0 Å². The number of hydrogen-bond donors (Lipinski definition) is 1. The number of fused-ring (bicyclic) bond motifs is 4. The van der Waals surface area contributed by atoms with Gasteiger partial charge in [-0.2, -0.15) is 0 Å². The Morgan fingerprint density at radius 3 is 2.35 bits per heavy atom. The molecule has 2 aliphatic carbocycles. The molecule has 1 saturated carbocycles. The average molecular weight is 442 g/mol. The van der Waals surface area contributed by atoms with E-state index in [1.165, 1.54) is 24.0 Å². The molecule has 2 atom stereocenters. The Morgan fingerprint density at radius 2 is 1.56 bits per heavy atom. The fourth-order valence-corrected chi connectivity index (χ4v) is 5.77. The number of rotatable bonds is 4. The van der Waals surface area contributed by atoms with Gasteiger partial charge in [0.25, 0.3) is 0 Å². The van der Waals surface area contributed by atoms with Crippen LogP contribution in [0.2, 0.25) is 0 Å². The van der Waals surface area contributed by atoms with Crippen LogP contribution in [-0.2, 0) is 5.41 Å². The molecule has 166 valence electrons. The predicted octanol–water partition coefficient (Wildman–Crippen LogP) is 8.99. The summed E-state index contributed by atoms with van der Waals surface area (Å²) < 4.78 is 6.52. The van der Waals surface area contributed by atoms with Crippen molar-refractivity contribution in [3.63, 3.8) is 0 Å². The van der Waals surface area contributed by atoms with E-state index in [1.807, 2.05) is 6.07 Å². The molecule has 0 saturated heterocycles. The van der Waals surface area contributed by atoms with Crippen LogP contribution in [-0.4, -0.2) is 0 Å². The Balaban J connectivity index is 1.24. The lowest BCUT2D eigenvalue weighted by Gasteiger charge is -2.31. The maximum Gasteiger partial charge on any atom is 0.158 e. The van der Waals surface area contributed by atoms with E-state index in [2.05, 4.69) is 103 Å². The van der Waals surface area contributed by atoms with Crippen molar-refractivity contribution < 1.29 is 4.42 Å². The molecule has 0 radical (unpaired) electrons. The summed E-state index contributed by atoms with van der Waals surface area (Å²) in [7, 11) is 0. The highest BCUT2D eigenvalue weighted by atomic mass is 16.3. The molecule has 1 fully saturated rings. The van der Waals surface area contributed by atoms with Crippen LogP contribution in [0.1, 0.15) is 31.7 Å². The largest absolute Gasteiger partial charge is 0.453 e. The SMILES string of the molecule is CC1(c2ccc(Nc3cccc4c3oc3c(-c5ccccc5)cccc34)cc2)CC=C2CC2C1. The van der Waals surface area contributed by atoms with Crippen LogP contribution in [0.15, 0.2) is 107 Å². The lowest BCUT2D eigenvalue weighted by Crippen LogP contribution is -2.23.